The molecule has 1 aromatic carbocycles. The van der Waals surface area contributed by atoms with Crippen LogP contribution in [0.1, 0.15) is 12.0 Å². The van der Waals surface area contributed by atoms with Crippen molar-refractivity contribution < 1.29 is 0 Å². The third-order valence-corrected chi connectivity index (χ3v) is 3.58. The summed E-state index contributed by atoms with van der Waals surface area (Å²) in [5.74, 6) is 0. The van der Waals surface area contributed by atoms with Crippen LogP contribution in [-0.2, 0) is 0 Å². The molecule has 5 heteroatoms. The van der Waals surface area contributed by atoms with E-state index >= 15 is 0 Å². The fourth-order valence-electron chi connectivity index (χ4n) is 1.70. The molecular formula is C13H20ClN3S. The first-order chi connectivity index (χ1) is 8.15. The number of benzene rings is 1. The molecule has 1 aromatic heterocycles. The molecule has 100 valence electrons. The lowest BCUT2D eigenvalue weighted by atomic mass is 10.2. The Bertz CT molecular complexity index is 496. The molecule has 3 nitrogen and oxygen atoms in total. The SMILES string of the molecule is Cc1ccc2nc(NCCCN(C)C)sc2c1.Cl. The predicted octanol–water partition coefficient (Wildman–Crippen LogP) is 3.39. The van der Waals surface area contributed by atoms with E-state index in [2.05, 4.69) is 54.4 Å². The second kappa shape index (κ2) is 6.92. The Morgan fingerprint density at radius 1 is 1.33 bits per heavy atom. The minimum absolute atomic E-state index is 0. The fraction of sp³-hybridized carbons (Fsp3) is 0.462. The first-order valence-electron chi connectivity index (χ1n) is 5.91. The molecule has 0 fully saturated rings. The van der Waals surface area contributed by atoms with Crippen molar-refractivity contribution in [2.24, 2.45) is 0 Å². The summed E-state index contributed by atoms with van der Waals surface area (Å²) in [4.78, 5) is 6.76. The molecule has 0 atom stereocenters. The van der Waals surface area contributed by atoms with Gasteiger partial charge in [-0.2, -0.15) is 0 Å². The van der Waals surface area contributed by atoms with Crippen LogP contribution in [0.15, 0.2) is 18.2 Å². The number of aromatic nitrogens is 1. The number of thiazole rings is 1. The van der Waals surface area contributed by atoms with Crippen molar-refractivity contribution in [1.29, 1.82) is 0 Å². The molecule has 0 spiro atoms. The van der Waals surface area contributed by atoms with Crippen LogP contribution in [0.25, 0.3) is 10.2 Å². The second-order valence-corrected chi connectivity index (χ2v) is 5.60. The van der Waals surface area contributed by atoms with Gasteiger partial charge in [-0.05, 0) is 51.7 Å². The maximum Gasteiger partial charge on any atom is 0.183 e. The topological polar surface area (TPSA) is 28.2 Å². The van der Waals surface area contributed by atoms with Crippen molar-refractivity contribution in [3.8, 4) is 0 Å². The number of nitrogens with zero attached hydrogens (tertiary/aromatic N) is 2. The van der Waals surface area contributed by atoms with Crippen molar-refractivity contribution in [3.63, 3.8) is 0 Å². The predicted molar refractivity (Wildman–Crippen MR) is 83.3 cm³/mol. The van der Waals surface area contributed by atoms with E-state index in [-0.39, 0.29) is 12.4 Å². The van der Waals surface area contributed by atoms with Gasteiger partial charge in [0.05, 0.1) is 10.2 Å². The van der Waals surface area contributed by atoms with Gasteiger partial charge >= 0.3 is 0 Å². The van der Waals surface area contributed by atoms with Crippen molar-refractivity contribution in [2.75, 3.05) is 32.5 Å². The molecule has 0 aliphatic heterocycles. The number of halogens is 1. The summed E-state index contributed by atoms with van der Waals surface area (Å²) in [6.07, 6.45) is 1.14. The zero-order valence-corrected chi connectivity index (χ0v) is 12.7. The zero-order valence-electron chi connectivity index (χ0n) is 11.1. The summed E-state index contributed by atoms with van der Waals surface area (Å²) in [6, 6.07) is 6.39. The fourth-order valence-corrected chi connectivity index (χ4v) is 2.69. The Balaban J connectivity index is 0.00000162. The molecule has 0 bridgehead atoms. The lowest BCUT2D eigenvalue weighted by Crippen LogP contribution is -2.16. The minimum Gasteiger partial charge on any atom is -0.361 e. The maximum absolute atomic E-state index is 4.56. The maximum atomic E-state index is 4.56. The van der Waals surface area contributed by atoms with E-state index in [1.54, 1.807) is 11.3 Å². The van der Waals surface area contributed by atoms with Crippen LogP contribution in [0, 0.1) is 6.92 Å². The van der Waals surface area contributed by atoms with E-state index in [1.165, 1.54) is 10.3 Å². The first-order valence-corrected chi connectivity index (χ1v) is 6.72. The van der Waals surface area contributed by atoms with Crippen LogP contribution in [0.2, 0.25) is 0 Å². The second-order valence-electron chi connectivity index (χ2n) is 4.57. The number of fused-ring (bicyclic) bond motifs is 1. The van der Waals surface area contributed by atoms with E-state index in [4.69, 9.17) is 0 Å². The molecule has 0 radical (unpaired) electrons. The first kappa shape index (κ1) is 15.2. The van der Waals surface area contributed by atoms with Crippen LogP contribution in [0.3, 0.4) is 0 Å². The normalized spacial score (nSPS) is 10.7. The summed E-state index contributed by atoms with van der Waals surface area (Å²) in [5.41, 5.74) is 2.39. The molecular weight excluding hydrogens is 266 g/mol. The Kier molecular flexibility index (Phi) is 5.85. The lowest BCUT2D eigenvalue weighted by molar-refractivity contribution is 0.405. The molecule has 0 aliphatic rings. The molecule has 2 aromatic rings. The van der Waals surface area contributed by atoms with E-state index in [0.717, 1.165) is 30.2 Å². The van der Waals surface area contributed by atoms with Gasteiger partial charge in [-0.1, -0.05) is 17.4 Å². The van der Waals surface area contributed by atoms with Gasteiger partial charge in [-0.15, -0.1) is 12.4 Å². The summed E-state index contributed by atoms with van der Waals surface area (Å²) < 4.78 is 1.26. The zero-order chi connectivity index (χ0) is 12.3. The Hall–Kier alpha value is -0.840. The number of nitrogens with one attached hydrogen (secondary N) is 1. The molecule has 2 rings (SSSR count). The Labute approximate surface area is 119 Å². The molecule has 0 amide bonds. The summed E-state index contributed by atoms with van der Waals surface area (Å²) >= 11 is 1.73. The third kappa shape index (κ3) is 4.12. The van der Waals surface area contributed by atoms with Crippen LogP contribution in [-0.4, -0.2) is 37.1 Å². The van der Waals surface area contributed by atoms with Gasteiger partial charge in [-0.25, -0.2) is 4.98 Å². The number of rotatable bonds is 5. The number of aryl methyl sites for hydroxylation is 1. The van der Waals surface area contributed by atoms with Gasteiger partial charge in [0.2, 0.25) is 0 Å². The number of hydrogen-bond acceptors (Lipinski definition) is 4. The smallest absolute Gasteiger partial charge is 0.183 e. The van der Waals surface area contributed by atoms with E-state index in [1.807, 2.05) is 0 Å². The molecule has 0 aliphatic carbocycles. The monoisotopic (exact) mass is 285 g/mol. The summed E-state index contributed by atoms with van der Waals surface area (Å²) in [5, 5.41) is 4.42. The third-order valence-electron chi connectivity index (χ3n) is 2.60. The van der Waals surface area contributed by atoms with Crippen LogP contribution in [0.4, 0.5) is 5.13 Å². The Morgan fingerprint density at radius 2 is 2.11 bits per heavy atom. The van der Waals surface area contributed by atoms with Gasteiger partial charge in [0, 0.05) is 6.54 Å². The molecule has 0 saturated heterocycles. The lowest BCUT2D eigenvalue weighted by Gasteiger charge is -2.08. The van der Waals surface area contributed by atoms with Crippen LogP contribution < -0.4 is 5.32 Å². The highest BCUT2D eigenvalue weighted by Crippen LogP contribution is 2.26. The average Bonchev–Trinajstić information content (AvgIpc) is 2.66. The van der Waals surface area contributed by atoms with E-state index < -0.39 is 0 Å². The van der Waals surface area contributed by atoms with Crippen LogP contribution >= 0.6 is 23.7 Å². The highest BCUT2D eigenvalue weighted by molar-refractivity contribution is 7.22. The Morgan fingerprint density at radius 3 is 2.83 bits per heavy atom. The minimum atomic E-state index is 0. The van der Waals surface area contributed by atoms with Crippen LogP contribution in [0.5, 0.6) is 0 Å². The van der Waals surface area contributed by atoms with Gasteiger partial charge in [-0.3, -0.25) is 0 Å². The van der Waals surface area contributed by atoms with Crippen molar-refractivity contribution in [1.82, 2.24) is 9.88 Å². The average molecular weight is 286 g/mol. The number of hydrogen-bond donors (Lipinski definition) is 1. The summed E-state index contributed by atoms with van der Waals surface area (Å²) in [7, 11) is 4.20. The molecule has 0 saturated carbocycles. The standard InChI is InChI=1S/C13H19N3S.ClH/c1-10-5-6-11-12(9-10)17-13(15-11)14-7-4-8-16(2)3;/h5-6,9H,4,7-8H2,1-3H3,(H,14,15);1H. The largest absolute Gasteiger partial charge is 0.361 e. The van der Waals surface area contributed by atoms with Gasteiger partial charge in [0.1, 0.15) is 0 Å². The highest BCUT2D eigenvalue weighted by Gasteiger charge is 2.02. The highest BCUT2D eigenvalue weighted by atomic mass is 35.5. The van der Waals surface area contributed by atoms with E-state index in [0.29, 0.717) is 0 Å². The van der Waals surface area contributed by atoms with Gasteiger partial charge in [0.15, 0.2) is 5.13 Å². The molecule has 1 heterocycles. The van der Waals surface area contributed by atoms with Gasteiger partial charge < -0.3 is 10.2 Å². The van der Waals surface area contributed by atoms with Crippen molar-refractivity contribution in [3.05, 3.63) is 23.8 Å². The van der Waals surface area contributed by atoms with Crippen molar-refractivity contribution >= 4 is 39.1 Å². The molecule has 18 heavy (non-hydrogen) atoms. The molecule has 1 N–H and O–H groups in total. The van der Waals surface area contributed by atoms with Crippen molar-refractivity contribution in [2.45, 2.75) is 13.3 Å². The van der Waals surface area contributed by atoms with E-state index in [9.17, 15) is 0 Å². The molecule has 0 unspecified atom stereocenters. The quantitative estimate of drug-likeness (QED) is 0.854. The summed E-state index contributed by atoms with van der Waals surface area (Å²) in [6.45, 7) is 4.21. The van der Waals surface area contributed by atoms with Gasteiger partial charge in [0.25, 0.3) is 0 Å². The number of anilines is 1.